The van der Waals surface area contributed by atoms with Crippen LogP contribution < -0.4 is 15.8 Å². The number of carbonyl (C=O) groups is 2. The van der Waals surface area contributed by atoms with Crippen LogP contribution in [-0.4, -0.2) is 26.3 Å². The summed E-state index contributed by atoms with van der Waals surface area (Å²) in [6, 6.07) is 19.5. The van der Waals surface area contributed by atoms with E-state index in [-0.39, 0.29) is 28.8 Å². The molecule has 0 spiro atoms. The Balaban J connectivity index is 1.64. The van der Waals surface area contributed by atoms with Gasteiger partial charge in [0.1, 0.15) is 11.3 Å². The molecule has 0 aliphatic heterocycles. The standard InChI is InChI=1S/C25H23N5O3/c1-16(2)30-15-20(17-9-4-3-5-10-17)28-25(30)29-23(32)19-12-8-14-27-24(19)33-21-13-7-6-11-18(21)22(26)31/h3-16H,1-2H3,(H2,26,31)(H,28,29,32). The number of hydrogen-bond acceptors (Lipinski definition) is 5. The number of amides is 2. The highest BCUT2D eigenvalue weighted by atomic mass is 16.5. The molecule has 0 aliphatic rings. The Morgan fingerprint density at radius 2 is 1.67 bits per heavy atom. The lowest BCUT2D eigenvalue weighted by atomic mass is 10.2. The molecule has 0 unspecified atom stereocenters. The van der Waals surface area contributed by atoms with E-state index in [1.54, 1.807) is 36.4 Å². The maximum Gasteiger partial charge on any atom is 0.263 e. The molecule has 0 saturated carbocycles. The van der Waals surface area contributed by atoms with Crippen LogP contribution in [0.3, 0.4) is 0 Å². The van der Waals surface area contributed by atoms with Gasteiger partial charge >= 0.3 is 0 Å². The molecule has 166 valence electrons. The summed E-state index contributed by atoms with van der Waals surface area (Å²) in [4.78, 5) is 33.7. The summed E-state index contributed by atoms with van der Waals surface area (Å²) in [6.45, 7) is 4.01. The number of benzene rings is 2. The number of aromatic nitrogens is 3. The third-order valence-corrected chi connectivity index (χ3v) is 4.96. The molecule has 8 nitrogen and oxygen atoms in total. The van der Waals surface area contributed by atoms with Crippen molar-refractivity contribution in [3.8, 4) is 22.9 Å². The summed E-state index contributed by atoms with van der Waals surface area (Å²) in [5.41, 5.74) is 7.51. The van der Waals surface area contributed by atoms with Gasteiger partial charge in [0, 0.05) is 24.0 Å². The lowest BCUT2D eigenvalue weighted by molar-refractivity contribution is 0.0997. The van der Waals surface area contributed by atoms with Crippen molar-refractivity contribution < 1.29 is 14.3 Å². The molecule has 0 saturated heterocycles. The van der Waals surface area contributed by atoms with Crippen molar-refractivity contribution in [1.82, 2.24) is 14.5 Å². The van der Waals surface area contributed by atoms with Gasteiger partial charge in [-0.3, -0.25) is 14.9 Å². The number of anilines is 1. The molecule has 33 heavy (non-hydrogen) atoms. The first kappa shape index (κ1) is 21.8. The van der Waals surface area contributed by atoms with E-state index in [9.17, 15) is 9.59 Å². The van der Waals surface area contributed by atoms with Crippen LogP contribution in [0.15, 0.2) is 79.1 Å². The summed E-state index contributed by atoms with van der Waals surface area (Å²) in [6.07, 6.45) is 3.40. The molecule has 2 amide bonds. The molecule has 2 heterocycles. The molecule has 0 atom stereocenters. The van der Waals surface area contributed by atoms with E-state index < -0.39 is 11.8 Å². The molecule has 8 heteroatoms. The Morgan fingerprint density at radius 3 is 2.39 bits per heavy atom. The molecule has 3 N–H and O–H groups in total. The third kappa shape index (κ3) is 4.74. The molecule has 2 aromatic carbocycles. The number of carbonyl (C=O) groups excluding carboxylic acids is 2. The van der Waals surface area contributed by atoms with Crippen LogP contribution in [0.1, 0.15) is 40.6 Å². The number of hydrogen-bond donors (Lipinski definition) is 2. The zero-order valence-electron chi connectivity index (χ0n) is 18.2. The van der Waals surface area contributed by atoms with Crippen LogP contribution in [0.4, 0.5) is 5.95 Å². The SMILES string of the molecule is CC(C)n1cc(-c2ccccc2)nc1NC(=O)c1cccnc1Oc1ccccc1C(N)=O. The first-order chi connectivity index (χ1) is 15.9. The summed E-state index contributed by atoms with van der Waals surface area (Å²) < 4.78 is 7.70. The Labute approximate surface area is 191 Å². The maximum atomic E-state index is 13.2. The van der Waals surface area contributed by atoms with Gasteiger partial charge in [0.15, 0.2) is 0 Å². The fraction of sp³-hybridized carbons (Fsp3) is 0.120. The minimum absolute atomic E-state index is 0.0506. The van der Waals surface area contributed by atoms with E-state index in [1.807, 2.05) is 54.9 Å². The van der Waals surface area contributed by atoms with Crippen molar-refractivity contribution in [2.45, 2.75) is 19.9 Å². The van der Waals surface area contributed by atoms with Gasteiger partial charge in [-0.05, 0) is 38.1 Å². The number of imidazole rings is 1. The van der Waals surface area contributed by atoms with Gasteiger partial charge < -0.3 is 15.0 Å². The number of pyridine rings is 1. The average molecular weight is 441 g/mol. The van der Waals surface area contributed by atoms with E-state index in [0.717, 1.165) is 11.3 Å². The Kier molecular flexibility index (Phi) is 6.17. The Bertz CT molecular complexity index is 1300. The van der Waals surface area contributed by atoms with Crippen molar-refractivity contribution in [1.29, 1.82) is 0 Å². The van der Waals surface area contributed by atoms with Crippen molar-refractivity contribution in [2.24, 2.45) is 5.73 Å². The van der Waals surface area contributed by atoms with Crippen LogP contribution >= 0.6 is 0 Å². The fourth-order valence-electron chi connectivity index (χ4n) is 3.30. The molecule has 0 bridgehead atoms. The van der Waals surface area contributed by atoms with Gasteiger partial charge in [0.2, 0.25) is 11.8 Å². The van der Waals surface area contributed by atoms with Crippen molar-refractivity contribution in [3.05, 3.63) is 90.3 Å². The van der Waals surface area contributed by atoms with Crippen LogP contribution in [0.2, 0.25) is 0 Å². The van der Waals surface area contributed by atoms with Crippen molar-refractivity contribution in [2.75, 3.05) is 5.32 Å². The first-order valence-corrected chi connectivity index (χ1v) is 10.4. The lowest BCUT2D eigenvalue weighted by Crippen LogP contribution is -2.18. The molecule has 0 fully saturated rings. The Hall–Kier alpha value is -4.46. The normalized spacial score (nSPS) is 10.8. The predicted octanol–water partition coefficient (Wildman–Crippen LogP) is 4.67. The summed E-state index contributed by atoms with van der Waals surface area (Å²) >= 11 is 0. The number of primary amides is 1. The zero-order chi connectivity index (χ0) is 23.4. The molecular weight excluding hydrogens is 418 g/mol. The van der Waals surface area contributed by atoms with E-state index in [1.165, 1.54) is 6.20 Å². The first-order valence-electron chi connectivity index (χ1n) is 10.4. The van der Waals surface area contributed by atoms with Crippen LogP contribution in [0, 0.1) is 0 Å². The highest BCUT2D eigenvalue weighted by Crippen LogP contribution is 2.28. The molecule has 4 aromatic rings. The van der Waals surface area contributed by atoms with Crippen LogP contribution in [0.25, 0.3) is 11.3 Å². The fourth-order valence-corrected chi connectivity index (χ4v) is 3.30. The third-order valence-electron chi connectivity index (χ3n) is 4.96. The number of para-hydroxylation sites is 1. The van der Waals surface area contributed by atoms with Crippen LogP contribution in [-0.2, 0) is 0 Å². The number of nitrogens with zero attached hydrogens (tertiary/aromatic N) is 3. The second-order valence-corrected chi connectivity index (χ2v) is 7.59. The summed E-state index contributed by atoms with van der Waals surface area (Å²) in [7, 11) is 0. The lowest BCUT2D eigenvalue weighted by Gasteiger charge is -2.14. The molecular formula is C25H23N5O3. The summed E-state index contributed by atoms with van der Waals surface area (Å²) in [5, 5.41) is 2.86. The van der Waals surface area contributed by atoms with Crippen LogP contribution in [0.5, 0.6) is 11.6 Å². The summed E-state index contributed by atoms with van der Waals surface area (Å²) in [5.74, 6) is -0.412. The van der Waals surface area contributed by atoms with Gasteiger partial charge in [-0.15, -0.1) is 0 Å². The second kappa shape index (κ2) is 9.35. The Morgan fingerprint density at radius 1 is 0.970 bits per heavy atom. The maximum absolute atomic E-state index is 13.2. The quantitative estimate of drug-likeness (QED) is 0.433. The van der Waals surface area contributed by atoms with Crippen molar-refractivity contribution >= 4 is 17.8 Å². The highest BCUT2D eigenvalue weighted by Gasteiger charge is 2.20. The minimum atomic E-state index is -0.639. The number of nitrogens with one attached hydrogen (secondary N) is 1. The zero-order valence-corrected chi connectivity index (χ0v) is 18.2. The molecule has 0 radical (unpaired) electrons. The minimum Gasteiger partial charge on any atom is -0.437 e. The monoisotopic (exact) mass is 441 g/mol. The number of ether oxygens (including phenoxy) is 1. The second-order valence-electron chi connectivity index (χ2n) is 7.59. The van der Waals surface area contributed by atoms with E-state index in [2.05, 4.69) is 15.3 Å². The highest BCUT2D eigenvalue weighted by molar-refractivity contribution is 6.05. The van der Waals surface area contributed by atoms with E-state index in [0.29, 0.717) is 5.95 Å². The predicted molar refractivity (Wildman–Crippen MR) is 125 cm³/mol. The van der Waals surface area contributed by atoms with Gasteiger partial charge in [0.05, 0.1) is 11.3 Å². The molecule has 4 rings (SSSR count). The smallest absolute Gasteiger partial charge is 0.263 e. The van der Waals surface area contributed by atoms with E-state index >= 15 is 0 Å². The molecule has 0 aliphatic carbocycles. The van der Waals surface area contributed by atoms with Gasteiger partial charge in [0.25, 0.3) is 11.8 Å². The average Bonchev–Trinajstić information content (AvgIpc) is 3.24. The van der Waals surface area contributed by atoms with Gasteiger partial charge in [-0.2, -0.15) is 0 Å². The number of nitrogens with two attached hydrogens (primary N) is 1. The molecule has 2 aromatic heterocycles. The van der Waals surface area contributed by atoms with Gasteiger partial charge in [-0.25, -0.2) is 9.97 Å². The topological polar surface area (TPSA) is 112 Å². The number of rotatable bonds is 7. The van der Waals surface area contributed by atoms with Gasteiger partial charge in [-0.1, -0.05) is 42.5 Å². The van der Waals surface area contributed by atoms with E-state index in [4.69, 9.17) is 10.5 Å². The van der Waals surface area contributed by atoms with Crippen molar-refractivity contribution in [3.63, 3.8) is 0 Å². The largest absolute Gasteiger partial charge is 0.437 e.